The molecule has 0 saturated carbocycles. The Balaban J connectivity index is 3.17. The van der Waals surface area contributed by atoms with Crippen LogP contribution in [0.1, 0.15) is 232 Å². The molecule has 0 atom stereocenters. The highest BCUT2D eigenvalue weighted by atomic mass is 16.7. The molecule has 0 fully saturated rings. The quantitative estimate of drug-likeness (QED) is 0.0394. The summed E-state index contributed by atoms with van der Waals surface area (Å²) in [6, 6.07) is 0. The van der Waals surface area contributed by atoms with Crippen LogP contribution in [0.15, 0.2) is 12.2 Å². The van der Waals surface area contributed by atoms with Crippen LogP contribution in [-0.4, -0.2) is 19.4 Å². The first kappa shape index (κ1) is 43.0. The summed E-state index contributed by atoms with van der Waals surface area (Å²) in [6.07, 6.45) is 49.9. The summed E-state index contributed by atoms with van der Waals surface area (Å²) in [7, 11) is 0. The molecule has 262 valence electrons. The third-order valence-electron chi connectivity index (χ3n) is 9.09. The smallest absolute Gasteiger partial charge is 0.434 e. The number of unbranched alkanes of at least 4 members (excludes halogenated alkanes) is 31. The van der Waals surface area contributed by atoms with Gasteiger partial charge in [-0.25, -0.2) is 4.79 Å². The van der Waals surface area contributed by atoms with Crippen LogP contribution in [0.25, 0.3) is 0 Å². The van der Waals surface area contributed by atoms with Crippen LogP contribution in [0.3, 0.4) is 0 Å². The van der Waals surface area contributed by atoms with Crippen molar-refractivity contribution in [3.05, 3.63) is 12.2 Å². The molecule has 0 spiro atoms. The number of carbonyl (C=O) groups is 1. The summed E-state index contributed by atoms with van der Waals surface area (Å²) in [4.78, 5) is 11.8. The van der Waals surface area contributed by atoms with Gasteiger partial charge in [-0.3, -0.25) is 0 Å². The number of allylic oxidation sites excluding steroid dienone is 2. The molecule has 0 aromatic heterocycles. The first-order chi connectivity index (χ1) is 21.8. The topological polar surface area (TPSA) is 35.5 Å². The summed E-state index contributed by atoms with van der Waals surface area (Å²) >= 11 is 0. The fraction of sp³-hybridized carbons (Fsp3) is 0.927. The standard InChI is InChI=1S/C41H80O3/c1-3-5-7-9-11-13-15-17-19-21-22-23-24-26-28-30-32-34-36-38-40-44-41(42)43-39-37-35-33-31-29-27-25-20-18-16-14-12-10-8-6-4-2/h18,20H,3-17,19,21-40H2,1-2H3/b20-18-. The van der Waals surface area contributed by atoms with Crippen molar-refractivity contribution in [3.8, 4) is 0 Å². The maximum atomic E-state index is 11.8. The average molecular weight is 621 g/mol. The first-order valence-corrected chi connectivity index (χ1v) is 20.3. The second-order valence-corrected chi connectivity index (χ2v) is 13.6. The fourth-order valence-electron chi connectivity index (χ4n) is 6.06. The highest BCUT2D eigenvalue weighted by Gasteiger charge is 2.03. The molecule has 0 unspecified atom stereocenters. The molecular formula is C41H80O3. The molecule has 0 aliphatic rings. The van der Waals surface area contributed by atoms with Gasteiger partial charge in [0.05, 0.1) is 13.2 Å². The minimum Gasteiger partial charge on any atom is -0.434 e. The molecule has 0 aromatic carbocycles. The summed E-state index contributed by atoms with van der Waals surface area (Å²) in [5, 5.41) is 0. The highest BCUT2D eigenvalue weighted by Crippen LogP contribution is 2.15. The number of carbonyl (C=O) groups excluding carboxylic acids is 1. The van der Waals surface area contributed by atoms with Crippen LogP contribution in [0.4, 0.5) is 4.79 Å². The molecule has 0 saturated heterocycles. The predicted octanol–water partition coefficient (Wildman–Crippen LogP) is 15.0. The van der Waals surface area contributed by atoms with Gasteiger partial charge < -0.3 is 9.47 Å². The fourth-order valence-corrected chi connectivity index (χ4v) is 6.06. The van der Waals surface area contributed by atoms with Gasteiger partial charge in [0.15, 0.2) is 0 Å². The van der Waals surface area contributed by atoms with Gasteiger partial charge in [0.25, 0.3) is 0 Å². The van der Waals surface area contributed by atoms with Crippen LogP contribution in [0, 0.1) is 0 Å². The maximum absolute atomic E-state index is 11.8. The third-order valence-corrected chi connectivity index (χ3v) is 9.09. The Labute approximate surface area is 277 Å². The van der Waals surface area contributed by atoms with Gasteiger partial charge in [-0.2, -0.15) is 0 Å². The van der Waals surface area contributed by atoms with Crippen LogP contribution in [0.5, 0.6) is 0 Å². The van der Waals surface area contributed by atoms with Crippen molar-refractivity contribution in [1.29, 1.82) is 0 Å². The second-order valence-electron chi connectivity index (χ2n) is 13.6. The Bertz CT molecular complexity index is 558. The van der Waals surface area contributed by atoms with E-state index >= 15 is 0 Å². The molecule has 0 aliphatic carbocycles. The van der Waals surface area contributed by atoms with Crippen molar-refractivity contribution in [1.82, 2.24) is 0 Å². The summed E-state index contributed by atoms with van der Waals surface area (Å²) in [6.45, 7) is 5.58. The first-order valence-electron chi connectivity index (χ1n) is 20.3. The molecule has 0 rings (SSSR count). The van der Waals surface area contributed by atoms with Crippen molar-refractivity contribution in [2.45, 2.75) is 232 Å². The summed E-state index contributed by atoms with van der Waals surface area (Å²) in [5.74, 6) is 0. The van der Waals surface area contributed by atoms with Gasteiger partial charge in [0.2, 0.25) is 0 Å². The van der Waals surface area contributed by atoms with E-state index in [-0.39, 0.29) is 0 Å². The lowest BCUT2D eigenvalue weighted by molar-refractivity contribution is 0.0529. The zero-order valence-corrected chi connectivity index (χ0v) is 30.3. The maximum Gasteiger partial charge on any atom is 0.508 e. The monoisotopic (exact) mass is 621 g/mol. The van der Waals surface area contributed by atoms with E-state index in [4.69, 9.17) is 9.47 Å². The molecule has 0 N–H and O–H groups in total. The van der Waals surface area contributed by atoms with Crippen LogP contribution in [-0.2, 0) is 9.47 Å². The molecular weight excluding hydrogens is 540 g/mol. The van der Waals surface area contributed by atoms with Crippen LogP contribution in [0.2, 0.25) is 0 Å². The van der Waals surface area contributed by atoms with E-state index in [1.807, 2.05) is 0 Å². The summed E-state index contributed by atoms with van der Waals surface area (Å²) < 4.78 is 10.5. The molecule has 44 heavy (non-hydrogen) atoms. The van der Waals surface area contributed by atoms with Gasteiger partial charge in [-0.15, -0.1) is 0 Å². The molecule has 0 radical (unpaired) electrons. The van der Waals surface area contributed by atoms with Crippen LogP contribution >= 0.6 is 0 Å². The second kappa shape index (κ2) is 40.0. The Morgan fingerprint density at radius 2 is 0.568 bits per heavy atom. The Hall–Kier alpha value is -0.990. The lowest BCUT2D eigenvalue weighted by Gasteiger charge is -2.06. The van der Waals surface area contributed by atoms with Gasteiger partial charge >= 0.3 is 6.16 Å². The van der Waals surface area contributed by atoms with Crippen molar-refractivity contribution in [2.24, 2.45) is 0 Å². The average Bonchev–Trinajstić information content (AvgIpc) is 3.03. The Morgan fingerprint density at radius 3 is 0.841 bits per heavy atom. The van der Waals surface area contributed by atoms with E-state index in [1.165, 1.54) is 193 Å². The van der Waals surface area contributed by atoms with Gasteiger partial charge in [-0.1, -0.05) is 206 Å². The normalized spacial score (nSPS) is 11.5. The molecule has 0 aliphatic heterocycles. The third kappa shape index (κ3) is 39.0. The van der Waals surface area contributed by atoms with E-state index in [0.29, 0.717) is 13.2 Å². The van der Waals surface area contributed by atoms with Crippen molar-refractivity contribution in [3.63, 3.8) is 0 Å². The van der Waals surface area contributed by atoms with Gasteiger partial charge in [0.1, 0.15) is 0 Å². The summed E-state index contributed by atoms with van der Waals surface area (Å²) in [5.41, 5.74) is 0. The van der Waals surface area contributed by atoms with Crippen LogP contribution < -0.4 is 0 Å². The number of rotatable bonds is 37. The molecule has 3 heteroatoms. The highest BCUT2D eigenvalue weighted by molar-refractivity contribution is 5.59. The van der Waals surface area contributed by atoms with Crippen molar-refractivity contribution in [2.75, 3.05) is 13.2 Å². The van der Waals surface area contributed by atoms with E-state index in [1.54, 1.807) is 0 Å². The largest absolute Gasteiger partial charge is 0.508 e. The molecule has 0 heterocycles. The Morgan fingerprint density at radius 1 is 0.341 bits per heavy atom. The minimum absolute atomic E-state index is 0.476. The Kier molecular flexibility index (Phi) is 39.1. The molecule has 0 amide bonds. The van der Waals surface area contributed by atoms with Crippen molar-refractivity contribution < 1.29 is 14.3 Å². The lowest BCUT2D eigenvalue weighted by atomic mass is 10.0. The predicted molar refractivity (Wildman–Crippen MR) is 195 cm³/mol. The zero-order valence-electron chi connectivity index (χ0n) is 30.3. The molecule has 3 nitrogen and oxygen atoms in total. The minimum atomic E-state index is -0.476. The van der Waals surface area contributed by atoms with E-state index < -0.39 is 6.16 Å². The molecule has 0 aromatic rings. The van der Waals surface area contributed by atoms with Gasteiger partial charge in [-0.05, 0) is 38.5 Å². The SMILES string of the molecule is CCCCCCCC/C=C\CCCCCCCCOC(=O)OCCCCCCCCCCCCCCCCCCCCCC. The van der Waals surface area contributed by atoms with Crippen molar-refractivity contribution >= 4 is 6.16 Å². The van der Waals surface area contributed by atoms with E-state index in [2.05, 4.69) is 26.0 Å². The van der Waals surface area contributed by atoms with E-state index in [9.17, 15) is 4.79 Å². The van der Waals surface area contributed by atoms with E-state index in [0.717, 1.165) is 25.7 Å². The zero-order chi connectivity index (χ0) is 31.9. The van der Waals surface area contributed by atoms with Gasteiger partial charge in [0, 0.05) is 0 Å². The number of hydrogen-bond donors (Lipinski definition) is 0. The number of hydrogen-bond acceptors (Lipinski definition) is 3. The lowest BCUT2D eigenvalue weighted by Crippen LogP contribution is -2.09. The number of ether oxygens (including phenoxy) is 2. The molecule has 0 bridgehead atoms.